The fraction of sp³-hybridized carbons (Fsp3) is 0.435. The smallest absolute Gasteiger partial charge is 0.243 e. The van der Waals surface area contributed by atoms with Crippen LogP contribution in [0.2, 0.25) is 0 Å². The number of piperidine rings is 1. The summed E-state index contributed by atoms with van der Waals surface area (Å²) in [5.41, 5.74) is 0.880. The van der Waals surface area contributed by atoms with Crippen LogP contribution in [0.5, 0.6) is 11.5 Å². The molecule has 1 heterocycles. The van der Waals surface area contributed by atoms with Crippen molar-refractivity contribution >= 4 is 15.9 Å². The molecular weight excluding hydrogens is 435 g/mol. The highest BCUT2D eigenvalue weighted by atomic mass is 32.2. The van der Waals surface area contributed by atoms with Gasteiger partial charge in [0.05, 0.1) is 31.1 Å². The molecule has 0 aliphatic carbocycles. The molecule has 9 heteroatoms. The molecule has 3 rings (SSSR count). The zero-order valence-electron chi connectivity index (χ0n) is 18.5. The lowest BCUT2D eigenvalue weighted by Gasteiger charge is -2.32. The number of ether oxygens (including phenoxy) is 2. The Hall–Kier alpha value is -2.65. The number of benzene rings is 2. The fourth-order valence-electron chi connectivity index (χ4n) is 3.91. The predicted octanol–water partition coefficient (Wildman–Crippen LogP) is 3.51. The van der Waals surface area contributed by atoms with Crippen LogP contribution in [-0.4, -0.2) is 45.9 Å². The summed E-state index contributed by atoms with van der Waals surface area (Å²) in [5, 5.41) is 3.05. The van der Waals surface area contributed by atoms with E-state index in [9.17, 15) is 17.6 Å². The number of amides is 1. The lowest BCUT2D eigenvalue weighted by molar-refractivity contribution is -0.126. The number of hydrogen-bond donors (Lipinski definition) is 1. The zero-order valence-corrected chi connectivity index (χ0v) is 19.3. The van der Waals surface area contributed by atoms with E-state index in [1.54, 1.807) is 20.3 Å². The highest BCUT2D eigenvalue weighted by Gasteiger charge is 2.34. The van der Waals surface area contributed by atoms with E-state index in [1.165, 1.54) is 16.4 Å². The van der Waals surface area contributed by atoms with Gasteiger partial charge in [-0.2, -0.15) is 4.31 Å². The molecule has 1 N–H and O–H groups in total. The molecule has 0 radical (unpaired) electrons. The minimum atomic E-state index is -3.79. The number of halogens is 1. The first kappa shape index (κ1) is 24.0. The standard InChI is InChI=1S/C23H29FN2O5S/c1-4-20(16-7-12-21(30-2)22(14-16)31-3)25-23(27)17-6-5-13-26(15-17)32(28,29)19-10-8-18(24)9-11-19/h7-12,14,17,20H,4-6,13,15H2,1-3H3,(H,25,27)/t17-,20-/m0/s1. The summed E-state index contributed by atoms with van der Waals surface area (Å²) in [6.45, 7) is 2.39. The number of rotatable bonds is 8. The van der Waals surface area contributed by atoms with Crippen LogP contribution in [0.25, 0.3) is 0 Å². The maximum Gasteiger partial charge on any atom is 0.243 e. The summed E-state index contributed by atoms with van der Waals surface area (Å²) >= 11 is 0. The van der Waals surface area contributed by atoms with Crippen LogP contribution in [-0.2, 0) is 14.8 Å². The van der Waals surface area contributed by atoms with Crippen LogP contribution >= 0.6 is 0 Å². The molecule has 2 aromatic carbocycles. The monoisotopic (exact) mass is 464 g/mol. The molecule has 2 aromatic rings. The fourth-order valence-corrected chi connectivity index (χ4v) is 5.43. The summed E-state index contributed by atoms with van der Waals surface area (Å²) < 4.78 is 51.0. The van der Waals surface area contributed by atoms with Gasteiger partial charge in [-0.25, -0.2) is 12.8 Å². The van der Waals surface area contributed by atoms with E-state index in [0.29, 0.717) is 37.3 Å². The second kappa shape index (κ2) is 10.3. The first-order chi connectivity index (χ1) is 15.3. The summed E-state index contributed by atoms with van der Waals surface area (Å²) in [6.07, 6.45) is 1.83. The Morgan fingerprint density at radius 3 is 2.47 bits per heavy atom. The summed E-state index contributed by atoms with van der Waals surface area (Å²) in [4.78, 5) is 13.1. The Bertz CT molecular complexity index is 1040. The van der Waals surface area contributed by atoms with Crippen molar-refractivity contribution in [3.63, 3.8) is 0 Å². The Kier molecular flexibility index (Phi) is 7.73. The van der Waals surface area contributed by atoms with Crippen molar-refractivity contribution in [3.8, 4) is 11.5 Å². The number of methoxy groups -OCH3 is 2. The first-order valence-corrected chi connectivity index (χ1v) is 12.0. The second-order valence-electron chi connectivity index (χ2n) is 7.74. The van der Waals surface area contributed by atoms with E-state index >= 15 is 0 Å². The van der Waals surface area contributed by atoms with Gasteiger partial charge < -0.3 is 14.8 Å². The van der Waals surface area contributed by atoms with Crippen molar-refractivity contribution in [2.75, 3.05) is 27.3 Å². The highest BCUT2D eigenvalue weighted by molar-refractivity contribution is 7.89. The lowest BCUT2D eigenvalue weighted by Crippen LogP contribution is -2.46. The Balaban J connectivity index is 1.72. The van der Waals surface area contributed by atoms with Crippen LogP contribution in [0.15, 0.2) is 47.4 Å². The molecule has 1 aliphatic heterocycles. The molecule has 0 saturated carbocycles. The quantitative estimate of drug-likeness (QED) is 0.646. The van der Waals surface area contributed by atoms with E-state index < -0.39 is 21.8 Å². The maximum atomic E-state index is 13.2. The summed E-state index contributed by atoms with van der Waals surface area (Å²) in [6, 6.07) is 10.00. The van der Waals surface area contributed by atoms with E-state index in [2.05, 4.69) is 5.32 Å². The Morgan fingerprint density at radius 2 is 1.84 bits per heavy atom. The summed E-state index contributed by atoms with van der Waals surface area (Å²) in [7, 11) is -0.676. The average molecular weight is 465 g/mol. The van der Waals surface area contributed by atoms with E-state index in [-0.39, 0.29) is 23.4 Å². The number of nitrogens with zero attached hydrogens (tertiary/aromatic N) is 1. The molecule has 7 nitrogen and oxygen atoms in total. The third kappa shape index (κ3) is 5.21. The van der Waals surface area contributed by atoms with Crippen LogP contribution in [0.4, 0.5) is 4.39 Å². The van der Waals surface area contributed by atoms with Gasteiger partial charge in [0, 0.05) is 13.1 Å². The van der Waals surface area contributed by atoms with Crippen molar-refractivity contribution < 1.29 is 27.1 Å². The van der Waals surface area contributed by atoms with Crippen LogP contribution in [0, 0.1) is 11.7 Å². The lowest BCUT2D eigenvalue weighted by atomic mass is 9.97. The number of sulfonamides is 1. The Labute approximate surface area is 188 Å². The molecule has 0 aromatic heterocycles. The van der Waals surface area contributed by atoms with Crippen molar-refractivity contribution in [2.24, 2.45) is 5.92 Å². The minimum absolute atomic E-state index is 0.0247. The molecule has 174 valence electrons. The molecule has 1 aliphatic rings. The van der Waals surface area contributed by atoms with Gasteiger partial charge in [-0.05, 0) is 61.2 Å². The van der Waals surface area contributed by atoms with E-state index in [1.807, 2.05) is 19.1 Å². The van der Waals surface area contributed by atoms with Gasteiger partial charge in [-0.3, -0.25) is 4.79 Å². The van der Waals surface area contributed by atoms with Crippen LogP contribution in [0.3, 0.4) is 0 Å². The topological polar surface area (TPSA) is 84.9 Å². The van der Waals surface area contributed by atoms with Crippen molar-refractivity contribution in [1.29, 1.82) is 0 Å². The number of carbonyl (C=O) groups excluding carboxylic acids is 1. The van der Waals surface area contributed by atoms with Crippen molar-refractivity contribution in [2.45, 2.75) is 37.1 Å². The largest absolute Gasteiger partial charge is 0.493 e. The maximum absolute atomic E-state index is 13.2. The minimum Gasteiger partial charge on any atom is -0.493 e. The molecule has 0 unspecified atom stereocenters. The molecule has 1 fully saturated rings. The highest BCUT2D eigenvalue weighted by Crippen LogP contribution is 2.31. The van der Waals surface area contributed by atoms with Crippen molar-refractivity contribution in [3.05, 3.63) is 53.8 Å². The normalized spacial score (nSPS) is 18.1. The first-order valence-electron chi connectivity index (χ1n) is 10.6. The Morgan fingerprint density at radius 1 is 1.16 bits per heavy atom. The molecular formula is C23H29FN2O5S. The molecule has 32 heavy (non-hydrogen) atoms. The van der Waals surface area contributed by atoms with Crippen LogP contribution in [0.1, 0.15) is 37.8 Å². The van der Waals surface area contributed by atoms with Crippen molar-refractivity contribution in [1.82, 2.24) is 9.62 Å². The third-order valence-corrected chi connectivity index (χ3v) is 7.62. The predicted molar refractivity (Wildman–Crippen MR) is 119 cm³/mol. The van der Waals surface area contributed by atoms with Gasteiger partial charge in [-0.1, -0.05) is 13.0 Å². The SMILES string of the molecule is CC[C@H](NC(=O)[C@H]1CCCN(S(=O)(=O)c2ccc(F)cc2)C1)c1ccc(OC)c(OC)c1. The van der Waals surface area contributed by atoms with Crippen LogP contribution < -0.4 is 14.8 Å². The summed E-state index contributed by atoms with van der Waals surface area (Å²) in [5.74, 6) is 0.0257. The van der Waals surface area contributed by atoms with Gasteiger partial charge in [-0.15, -0.1) is 0 Å². The molecule has 1 amide bonds. The molecule has 0 bridgehead atoms. The third-order valence-electron chi connectivity index (χ3n) is 5.74. The van der Waals surface area contributed by atoms with Gasteiger partial charge in [0.15, 0.2) is 11.5 Å². The van der Waals surface area contributed by atoms with E-state index in [0.717, 1.165) is 17.7 Å². The second-order valence-corrected chi connectivity index (χ2v) is 9.68. The van der Waals surface area contributed by atoms with Gasteiger partial charge in [0.2, 0.25) is 15.9 Å². The number of nitrogens with one attached hydrogen (secondary N) is 1. The number of hydrogen-bond acceptors (Lipinski definition) is 5. The molecule has 0 spiro atoms. The van der Waals surface area contributed by atoms with Gasteiger partial charge in [0.1, 0.15) is 5.82 Å². The zero-order chi connectivity index (χ0) is 23.3. The van der Waals surface area contributed by atoms with Gasteiger partial charge in [0.25, 0.3) is 0 Å². The molecule has 2 atom stereocenters. The van der Waals surface area contributed by atoms with E-state index in [4.69, 9.17) is 9.47 Å². The van der Waals surface area contributed by atoms with Gasteiger partial charge >= 0.3 is 0 Å². The number of carbonyl (C=O) groups is 1. The average Bonchev–Trinajstić information content (AvgIpc) is 2.82. The molecule has 1 saturated heterocycles.